The summed E-state index contributed by atoms with van der Waals surface area (Å²) < 4.78 is 0. The molecule has 0 spiro atoms. The van der Waals surface area contributed by atoms with Crippen molar-refractivity contribution in [1.82, 2.24) is 0 Å². The summed E-state index contributed by atoms with van der Waals surface area (Å²) in [6, 6.07) is 13.6. The van der Waals surface area contributed by atoms with Gasteiger partial charge in [-0.15, -0.1) is 17.0 Å². The minimum absolute atomic E-state index is 0. The topological polar surface area (TPSA) is 66.5 Å². The molecule has 0 radical (unpaired) electrons. The Morgan fingerprint density at radius 2 is 1.65 bits per heavy atom. The Bertz CT molecular complexity index is 601. The molecule has 2 atom stereocenters. The first kappa shape index (κ1) is 14.9. The Morgan fingerprint density at radius 1 is 1.00 bits per heavy atom. The number of hydrogen-bond acceptors (Lipinski definition) is 3. The summed E-state index contributed by atoms with van der Waals surface area (Å²) in [7, 11) is 0. The molecular formula is C16H18BrNO2. The van der Waals surface area contributed by atoms with Crippen molar-refractivity contribution in [2.45, 2.75) is 24.8 Å². The predicted octanol–water partition coefficient (Wildman–Crippen LogP) is 3.08. The Kier molecular flexibility index (Phi) is 4.35. The van der Waals surface area contributed by atoms with E-state index in [0.29, 0.717) is 0 Å². The van der Waals surface area contributed by atoms with E-state index in [9.17, 15) is 10.2 Å². The SMILES string of the molecule is Br.NC1Cc2cc(O)c(O)cc2C(c2ccccc2)C1. The van der Waals surface area contributed by atoms with Gasteiger partial charge in [-0.1, -0.05) is 30.3 Å². The highest BCUT2D eigenvalue weighted by atomic mass is 79.9. The van der Waals surface area contributed by atoms with Gasteiger partial charge < -0.3 is 15.9 Å². The van der Waals surface area contributed by atoms with Crippen LogP contribution in [0.4, 0.5) is 0 Å². The van der Waals surface area contributed by atoms with Gasteiger partial charge in [-0.3, -0.25) is 0 Å². The Labute approximate surface area is 128 Å². The number of nitrogens with two attached hydrogens (primary N) is 1. The van der Waals surface area contributed by atoms with E-state index in [1.54, 1.807) is 12.1 Å². The second kappa shape index (κ2) is 5.85. The molecule has 2 aromatic rings. The molecule has 1 aliphatic rings. The van der Waals surface area contributed by atoms with Crippen LogP contribution < -0.4 is 5.73 Å². The third kappa shape index (κ3) is 2.67. The van der Waals surface area contributed by atoms with E-state index in [-0.39, 0.29) is 40.4 Å². The zero-order valence-electron chi connectivity index (χ0n) is 11.0. The Hall–Kier alpha value is -1.52. The number of fused-ring (bicyclic) bond motifs is 1. The van der Waals surface area contributed by atoms with Gasteiger partial charge in [-0.05, 0) is 41.7 Å². The maximum absolute atomic E-state index is 9.72. The van der Waals surface area contributed by atoms with Crippen molar-refractivity contribution in [3.05, 3.63) is 59.2 Å². The largest absolute Gasteiger partial charge is 0.504 e. The Balaban J connectivity index is 0.00000147. The summed E-state index contributed by atoms with van der Waals surface area (Å²) >= 11 is 0. The first-order valence-corrected chi connectivity index (χ1v) is 6.50. The predicted molar refractivity (Wildman–Crippen MR) is 84.7 cm³/mol. The van der Waals surface area contributed by atoms with Crippen LogP contribution in [0.1, 0.15) is 29.0 Å². The second-order valence-corrected chi connectivity index (χ2v) is 5.20. The minimum atomic E-state index is -0.0698. The molecule has 106 valence electrons. The van der Waals surface area contributed by atoms with Crippen molar-refractivity contribution in [1.29, 1.82) is 0 Å². The number of aromatic hydroxyl groups is 2. The van der Waals surface area contributed by atoms with Gasteiger partial charge in [-0.2, -0.15) is 0 Å². The van der Waals surface area contributed by atoms with Crippen molar-refractivity contribution in [3.8, 4) is 11.5 Å². The van der Waals surface area contributed by atoms with Crippen LogP contribution in [0.3, 0.4) is 0 Å². The average molecular weight is 336 g/mol. The lowest BCUT2D eigenvalue weighted by Gasteiger charge is -2.30. The number of phenolic OH excluding ortho intramolecular Hbond substituents is 2. The molecule has 0 bridgehead atoms. The molecule has 20 heavy (non-hydrogen) atoms. The lowest BCUT2D eigenvalue weighted by molar-refractivity contribution is 0.399. The fraction of sp³-hybridized carbons (Fsp3) is 0.250. The fourth-order valence-corrected chi connectivity index (χ4v) is 2.93. The van der Waals surface area contributed by atoms with Gasteiger partial charge in [-0.25, -0.2) is 0 Å². The van der Waals surface area contributed by atoms with Gasteiger partial charge in [0.1, 0.15) is 0 Å². The van der Waals surface area contributed by atoms with E-state index >= 15 is 0 Å². The molecule has 1 aliphatic carbocycles. The van der Waals surface area contributed by atoms with Crippen molar-refractivity contribution >= 4 is 17.0 Å². The van der Waals surface area contributed by atoms with Gasteiger partial charge in [0, 0.05) is 12.0 Å². The average Bonchev–Trinajstić information content (AvgIpc) is 2.41. The van der Waals surface area contributed by atoms with Crippen LogP contribution in [-0.4, -0.2) is 16.3 Å². The third-order valence-corrected chi connectivity index (χ3v) is 3.83. The van der Waals surface area contributed by atoms with Crippen molar-refractivity contribution in [2.24, 2.45) is 5.73 Å². The molecule has 3 nitrogen and oxygen atoms in total. The maximum Gasteiger partial charge on any atom is 0.157 e. The van der Waals surface area contributed by atoms with Crippen molar-refractivity contribution in [2.75, 3.05) is 0 Å². The molecule has 0 heterocycles. The van der Waals surface area contributed by atoms with Crippen LogP contribution in [0.5, 0.6) is 11.5 Å². The molecule has 0 saturated heterocycles. The number of halogens is 1. The number of phenols is 2. The molecule has 3 rings (SSSR count). The van der Waals surface area contributed by atoms with Crippen LogP contribution in [0.2, 0.25) is 0 Å². The summed E-state index contributed by atoms with van der Waals surface area (Å²) in [6.07, 6.45) is 1.60. The van der Waals surface area contributed by atoms with Crippen LogP contribution in [0.15, 0.2) is 42.5 Å². The summed E-state index contributed by atoms with van der Waals surface area (Å²) in [6.45, 7) is 0. The van der Waals surface area contributed by atoms with Gasteiger partial charge in [0.2, 0.25) is 0 Å². The quantitative estimate of drug-likeness (QED) is 0.701. The highest BCUT2D eigenvalue weighted by Gasteiger charge is 2.27. The van der Waals surface area contributed by atoms with E-state index in [2.05, 4.69) is 12.1 Å². The monoisotopic (exact) mass is 335 g/mol. The van der Waals surface area contributed by atoms with Crippen LogP contribution in [0, 0.1) is 0 Å². The van der Waals surface area contributed by atoms with Gasteiger partial charge in [0.25, 0.3) is 0 Å². The molecule has 0 fully saturated rings. The normalized spacial score (nSPS) is 20.9. The molecule has 2 aromatic carbocycles. The molecule has 0 aromatic heterocycles. The fourth-order valence-electron chi connectivity index (χ4n) is 2.93. The highest BCUT2D eigenvalue weighted by Crippen LogP contribution is 2.40. The first-order chi connectivity index (χ1) is 9.15. The third-order valence-electron chi connectivity index (χ3n) is 3.83. The summed E-state index contributed by atoms with van der Waals surface area (Å²) in [5.41, 5.74) is 9.42. The summed E-state index contributed by atoms with van der Waals surface area (Å²) in [5, 5.41) is 19.4. The van der Waals surface area contributed by atoms with Gasteiger partial charge >= 0.3 is 0 Å². The number of hydrogen-bond donors (Lipinski definition) is 3. The van der Waals surface area contributed by atoms with Crippen LogP contribution in [0.25, 0.3) is 0 Å². The zero-order valence-corrected chi connectivity index (χ0v) is 12.7. The smallest absolute Gasteiger partial charge is 0.157 e. The van der Waals surface area contributed by atoms with E-state index in [1.165, 1.54) is 5.56 Å². The molecule has 0 amide bonds. The number of rotatable bonds is 1. The summed E-state index contributed by atoms with van der Waals surface area (Å²) in [4.78, 5) is 0. The first-order valence-electron chi connectivity index (χ1n) is 6.50. The molecule has 0 saturated carbocycles. The number of benzene rings is 2. The maximum atomic E-state index is 9.72. The standard InChI is InChI=1S/C16H17NO2.BrH/c17-12-6-11-7-15(18)16(19)9-14(11)13(8-12)10-4-2-1-3-5-10;/h1-5,7,9,12-13,18-19H,6,8,17H2;1H. The zero-order chi connectivity index (χ0) is 13.4. The van der Waals surface area contributed by atoms with E-state index in [0.717, 1.165) is 24.0 Å². The highest BCUT2D eigenvalue weighted by molar-refractivity contribution is 8.93. The van der Waals surface area contributed by atoms with Crippen LogP contribution >= 0.6 is 17.0 Å². The molecule has 4 N–H and O–H groups in total. The van der Waals surface area contributed by atoms with Crippen molar-refractivity contribution < 1.29 is 10.2 Å². The minimum Gasteiger partial charge on any atom is -0.504 e. The second-order valence-electron chi connectivity index (χ2n) is 5.20. The Morgan fingerprint density at radius 3 is 2.35 bits per heavy atom. The van der Waals surface area contributed by atoms with Crippen molar-refractivity contribution in [3.63, 3.8) is 0 Å². The molecular weight excluding hydrogens is 318 g/mol. The molecule has 2 unspecified atom stereocenters. The van der Waals surface area contributed by atoms with E-state index in [4.69, 9.17) is 5.73 Å². The van der Waals surface area contributed by atoms with E-state index in [1.807, 2.05) is 18.2 Å². The molecule has 0 aliphatic heterocycles. The lowest BCUT2D eigenvalue weighted by atomic mass is 9.77. The summed E-state index contributed by atoms with van der Waals surface area (Å²) in [5.74, 6) is 0.0567. The lowest BCUT2D eigenvalue weighted by Crippen LogP contribution is -2.30. The van der Waals surface area contributed by atoms with Gasteiger partial charge in [0.15, 0.2) is 11.5 Å². The molecule has 4 heteroatoms. The van der Waals surface area contributed by atoms with Crippen LogP contribution in [-0.2, 0) is 6.42 Å². The van der Waals surface area contributed by atoms with Gasteiger partial charge in [0.05, 0.1) is 0 Å². The van der Waals surface area contributed by atoms with E-state index < -0.39 is 0 Å².